The van der Waals surface area contributed by atoms with Gasteiger partial charge in [0.05, 0.1) is 5.56 Å². The van der Waals surface area contributed by atoms with Crippen molar-refractivity contribution >= 4 is 11.9 Å². The number of benzene rings is 1. The quantitative estimate of drug-likeness (QED) is 0.812. The Morgan fingerprint density at radius 1 is 1.30 bits per heavy atom. The molecule has 1 aromatic rings. The average molecular weight is 275 g/mol. The van der Waals surface area contributed by atoms with Gasteiger partial charge in [0.2, 0.25) is 5.91 Å². The molecule has 0 aliphatic carbocycles. The fourth-order valence-electron chi connectivity index (χ4n) is 2.03. The largest absolute Gasteiger partial charge is 0.478 e. The Hall–Kier alpha value is -2.10. The monoisotopic (exact) mass is 275 g/mol. The standard InChI is InChI=1S/C16H21NO3/c1-4-7-12(2)15(18)17(3)11-10-13-8-5-6-9-14(13)16(19)20/h5-9H,4,10-11H2,1-3H3,(H,19,20)/b12-7-. The van der Waals surface area contributed by atoms with Gasteiger partial charge in [0, 0.05) is 19.2 Å². The highest BCUT2D eigenvalue weighted by molar-refractivity contribution is 5.92. The number of amides is 1. The van der Waals surface area contributed by atoms with Crippen LogP contribution in [0.3, 0.4) is 0 Å². The molecule has 0 aliphatic heterocycles. The predicted octanol–water partition coefficient (Wildman–Crippen LogP) is 2.74. The highest BCUT2D eigenvalue weighted by Gasteiger charge is 2.13. The van der Waals surface area contributed by atoms with Crippen LogP contribution in [0.1, 0.15) is 36.2 Å². The maximum absolute atomic E-state index is 12.0. The number of likely N-dealkylation sites (N-methyl/N-ethyl adjacent to an activating group) is 1. The van der Waals surface area contributed by atoms with Crippen LogP contribution in [0.5, 0.6) is 0 Å². The van der Waals surface area contributed by atoms with Crippen molar-refractivity contribution in [3.05, 3.63) is 47.0 Å². The molecule has 1 aromatic carbocycles. The summed E-state index contributed by atoms with van der Waals surface area (Å²) in [6.45, 7) is 4.28. The number of rotatable bonds is 6. The summed E-state index contributed by atoms with van der Waals surface area (Å²) < 4.78 is 0. The second-order valence-electron chi connectivity index (χ2n) is 4.73. The number of aromatic carboxylic acids is 1. The molecule has 0 radical (unpaired) electrons. The molecular formula is C16H21NO3. The molecule has 0 saturated heterocycles. The van der Waals surface area contributed by atoms with Gasteiger partial charge in [-0.2, -0.15) is 0 Å². The van der Waals surface area contributed by atoms with Gasteiger partial charge in [-0.3, -0.25) is 4.79 Å². The van der Waals surface area contributed by atoms with E-state index in [-0.39, 0.29) is 5.91 Å². The van der Waals surface area contributed by atoms with Crippen molar-refractivity contribution in [2.75, 3.05) is 13.6 Å². The van der Waals surface area contributed by atoms with E-state index < -0.39 is 5.97 Å². The van der Waals surface area contributed by atoms with Gasteiger partial charge in [-0.15, -0.1) is 0 Å². The molecular weight excluding hydrogens is 254 g/mol. The van der Waals surface area contributed by atoms with Gasteiger partial charge >= 0.3 is 5.97 Å². The molecule has 0 saturated carbocycles. The van der Waals surface area contributed by atoms with Crippen LogP contribution in [0.25, 0.3) is 0 Å². The SMILES string of the molecule is CC/C=C(/C)C(=O)N(C)CCc1ccccc1C(=O)O. The fraction of sp³-hybridized carbons (Fsp3) is 0.375. The van der Waals surface area contributed by atoms with Crippen LogP contribution in [-0.4, -0.2) is 35.5 Å². The van der Waals surface area contributed by atoms with Crippen LogP contribution in [0.2, 0.25) is 0 Å². The lowest BCUT2D eigenvalue weighted by atomic mass is 10.0. The summed E-state index contributed by atoms with van der Waals surface area (Å²) in [5, 5.41) is 9.11. The molecule has 1 N–H and O–H groups in total. The number of hydrogen-bond donors (Lipinski definition) is 1. The topological polar surface area (TPSA) is 57.6 Å². The van der Waals surface area contributed by atoms with Gasteiger partial charge in [-0.1, -0.05) is 31.2 Å². The maximum atomic E-state index is 12.0. The van der Waals surface area contributed by atoms with Crippen molar-refractivity contribution in [3.63, 3.8) is 0 Å². The normalized spacial score (nSPS) is 11.2. The summed E-state index contributed by atoms with van der Waals surface area (Å²) in [6.07, 6.45) is 3.25. The molecule has 0 aromatic heterocycles. The molecule has 0 heterocycles. The van der Waals surface area contributed by atoms with E-state index in [1.165, 1.54) is 0 Å². The minimum Gasteiger partial charge on any atom is -0.478 e. The van der Waals surface area contributed by atoms with Crippen molar-refractivity contribution < 1.29 is 14.7 Å². The number of nitrogens with zero attached hydrogens (tertiary/aromatic N) is 1. The lowest BCUT2D eigenvalue weighted by molar-refractivity contribution is -0.125. The van der Waals surface area contributed by atoms with Gasteiger partial charge in [-0.25, -0.2) is 4.79 Å². The van der Waals surface area contributed by atoms with E-state index in [1.807, 2.05) is 19.1 Å². The number of carboxylic acids is 1. The summed E-state index contributed by atoms with van der Waals surface area (Å²) in [6, 6.07) is 6.89. The summed E-state index contributed by atoms with van der Waals surface area (Å²) in [5.74, 6) is -0.948. The molecule has 0 fully saturated rings. The van der Waals surface area contributed by atoms with E-state index in [1.54, 1.807) is 37.1 Å². The van der Waals surface area contributed by atoms with E-state index in [9.17, 15) is 9.59 Å². The molecule has 1 amide bonds. The third-order valence-electron chi connectivity index (χ3n) is 3.16. The Labute approximate surface area is 119 Å². The number of carbonyl (C=O) groups is 2. The second kappa shape index (κ2) is 7.48. The zero-order chi connectivity index (χ0) is 15.1. The van der Waals surface area contributed by atoms with Crippen molar-refractivity contribution in [2.24, 2.45) is 0 Å². The van der Waals surface area contributed by atoms with E-state index in [4.69, 9.17) is 5.11 Å². The second-order valence-corrected chi connectivity index (χ2v) is 4.73. The van der Waals surface area contributed by atoms with Gasteiger partial charge < -0.3 is 10.0 Å². The molecule has 0 aliphatic rings. The minimum absolute atomic E-state index is 0.0142. The first-order chi connectivity index (χ1) is 9.47. The molecule has 20 heavy (non-hydrogen) atoms. The molecule has 1 rings (SSSR count). The molecule has 0 atom stereocenters. The van der Waals surface area contributed by atoms with Crippen molar-refractivity contribution in [1.82, 2.24) is 4.90 Å². The molecule has 0 spiro atoms. The van der Waals surface area contributed by atoms with E-state index in [2.05, 4.69) is 0 Å². The third-order valence-corrected chi connectivity index (χ3v) is 3.16. The Balaban J connectivity index is 2.70. The average Bonchev–Trinajstić information content (AvgIpc) is 2.44. The number of carboxylic acid groups (broad SMARTS) is 1. The molecule has 108 valence electrons. The van der Waals surface area contributed by atoms with Crippen molar-refractivity contribution in [1.29, 1.82) is 0 Å². The first kappa shape index (κ1) is 16.0. The number of carbonyl (C=O) groups excluding carboxylic acids is 1. The zero-order valence-corrected chi connectivity index (χ0v) is 12.2. The van der Waals surface area contributed by atoms with Gasteiger partial charge in [0.25, 0.3) is 0 Å². The fourth-order valence-corrected chi connectivity index (χ4v) is 2.03. The first-order valence-electron chi connectivity index (χ1n) is 6.70. The van der Waals surface area contributed by atoms with Crippen LogP contribution < -0.4 is 0 Å². The Morgan fingerprint density at radius 3 is 2.55 bits per heavy atom. The summed E-state index contributed by atoms with van der Waals surface area (Å²) in [5.41, 5.74) is 1.77. The lowest BCUT2D eigenvalue weighted by Crippen LogP contribution is -2.29. The van der Waals surface area contributed by atoms with Gasteiger partial charge in [0.1, 0.15) is 0 Å². The van der Waals surface area contributed by atoms with E-state index in [0.717, 1.165) is 17.6 Å². The zero-order valence-electron chi connectivity index (χ0n) is 12.2. The summed E-state index contributed by atoms with van der Waals surface area (Å²) >= 11 is 0. The van der Waals surface area contributed by atoms with Crippen LogP contribution >= 0.6 is 0 Å². The highest BCUT2D eigenvalue weighted by atomic mass is 16.4. The Morgan fingerprint density at radius 2 is 1.95 bits per heavy atom. The molecule has 4 nitrogen and oxygen atoms in total. The molecule has 4 heteroatoms. The first-order valence-corrected chi connectivity index (χ1v) is 6.70. The van der Waals surface area contributed by atoms with E-state index >= 15 is 0 Å². The highest BCUT2D eigenvalue weighted by Crippen LogP contribution is 2.11. The lowest BCUT2D eigenvalue weighted by Gasteiger charge is -2.18. The maximum Gasteiger partial charge on any atom is 0.335 e. The van der Waals surface area contributed by atoms with Gasteiger partial charge in [-0.05, 0) is 31.4 Å². The molecule has 0 unspecified atom stereocenters. The van der Waals surface area contributed by atoms with Gasteiger partial charge in [0.15, 0.2) is 0 Å². The van der Waals surface area contributed by atoms with E-state index in [0.29, 0.717) is 18.5 Å². The third kappa shape index (κ3) is 4.23. The van der Waals surface area contributed by atoms with Crippen LogP contribution in [0.15, 0.2) is 35.9 Å². The summed E-state index contributed by atoms with van der Waals surface area (Å²) in [7, 11) is 1.73. The smallest absolute Gasteiger partial charge is 0.335 e. The Bertz CT molecular complexity index is 520. The number of hydrogen-bond acceptors (Lipinski definition) is 2. The Kier molecular flexibility index (Phi) is 5.97. The minimum atomic E-state index is -0.934. The van der Waals surface area contributed by atoms with Crippen LogP contribution in [-0.2, 0) is 11.2 Å². The van der Waals surface area contributed by atoms with Crippen molar-refractivity contribution in [3.8, 4) is 0 Å². The summed E-state index contributed by atoms with van der Waals surface area (Å²) in [4.78, 5) is 24.7. The van der Waals surface area contributed by atoms with Crippen LogP contribution in [0, 0.1) is 0 Å². The molecule has 0 bridgehead atoms. The number of allylic oxidation sites excluding steroid dienone is 1. The van der Waals surface area contributed by atoms with Crippen LogP contribution in [0.4, 0.5) is 0 Å². The predicted molar refractivity (Wildman–Crippen MR) is 78.8 cm³/mol. The van der Waals surface area contributed by atoms with Crippen molar-refractivity contribution in [2.45, 2.75) is 26.7 Å².